The number of aromatic amines is 1. The Kier molecular flexibility index (Phi) is 5.68. The van der Waals surface area contributed by atoms with Crippen LogP contribution in [0, 0.1) is 0 Å². The number of para-hydroxylation sites is 1. The molecule has 0 aliphatic carbocycles. The quantitative estimate of drug-likeness (QED) is 0.570. The molecule has 160 valence electrons. The number of unbranched alkanes of at least 4 members (excludes halogenated alkanes) is 1. The van der Waals surface area contributed by atoms with E-state index in [1.54, 1.807) is 0 Å². The second-order valence-corrected chi connectivity index (χ2v) is 8.30. The highest BCUT2D eigenvalue weighted by Gasteiger charge is 2.35. The average molecular weight is 416 g/mol. The predicted octanol–water partition coefficient (Wildman–Crippen LogP) is 5.11. The van der Waals surface area contributed by atoms with E-state index in [9.17, 15) is 9.59 Å². The van der Waals surface area contributed by atoms with E-state index in [0.717, 1.165) is 41.8 Å². The van der Waals surface area contributed by atoms with Crippen molar-refractivity contribution in [3.63, 3.8) is 0 Å². The fourth-order valence-corrected chi connectivity index (χ4v) is 4.57. The summed E-state index contributed by atoms with van der Waals surface area (Å²) in [6.07, 6.45) is 1.97. The highest BCUT2D eigenvalue weighted by Crippen LogP contribution is 2.45. The normalized spacial score (nSPS) is 15.8. The van der Waals surface area contributed by atoms with E-state index in [1.807, 2.05) is 56.3 Å². The second-order valence-electron chi connectivity index (χ2n) is 8.30. The lowest BCUT2D eigenvalue weighted by Gasteiger charge is -2.37. The Labute approximate surface area is 182 Å². The van der Waals surface area contributed by atoms with Crippen molar-refractivity contribution in [1.29, 1.82) is 0 Å². The monoisotopic (exact) mass is 415 g/mol. The third kappa shape index (κ3) is 3.54. The number of nitrogens with zero attached hydrogens (tertiary/aromatic N) is 2. The van der Waals surface area contributed by atoms with E-state index in [1.165, 1.54) is 4.57 Å². The lowest BCUT2D eigenvalue weighted by atomic mass is 9.82. The van der Waals surface area contributed by atoms with Crippen LogP contribution in [0.15, 0.2) is 76.3 Å². The molecule has 3 aromatic rings. The van der Waals surface area contributed by atoms with Crippen LogP contribution in [0.4, 0.5) is 11.5 Å². The molecule has 0 saturated heterocycles. The highest BCUT2D eigenvalue weighted by molar-refractivity contribution is 5.74. The summed E-state index contributed by atoms with van der Waals surface area (Å²) < 4.78 is 1.34. The minimum atomic E-state index is -0.388. The van der Waals surface area contributed by atoms with Gasteiger partial charge in [-0.25, -0.2) is 4.79 Å². The Bertz CT molecular complexity index is 1220. The summed E-state index contributed by atoms with van der Waals surface area (Å²) in [5.74, 6) is 0.342. The maximum absolute atomic E-state index is 13.9. The summed E-state index contributed by atoms with van der Waals surface area (Å²) in [6, 6.07) is 17.4. The number of aromatic nitrogens is 2. The van der Waals surface area contributed by atoms with Gasteiger partial charge in [0.1, 0.15) is 5.82 Å². The van der Waals surface area contributed by atoms with Gasteiger partial charge in [-0.2, -0.15) is 0 Å². The SMILES string of the molecule is C=C(C)[C@@H]1c2ccccc2N(CCCC)c2[nH]c(=O)n([C@@H](C)c3ccccc3)c(=O)c21. The number of H-pyrrole nitrogens is 1. The van der Waals surface area contributed by atoms with Gasteiger partial charge in [-0.05, 0) is 37.5 Å². The Hall–Kier alpha value is -3.34. The second kappa shape index (κ2) is 8.42. The number of anilines is 2. The highest BCUT2D eigenvalue weighted by atomic mass is 16.2. The first-order valence-electron chi connectivity index (χ1n) is 10.9. The van der Waals surface area contributed by atoms with Crippen molar-refractivity contribution in [2.24, 2.45) is 0 Å². The van der Waals surface area contributed by atoms with E-state index >= 15 is 0 Å². The number of hydrogen-bond acceptors (Lipinski definition) is 3. The van der Waals surface area contributed by atoms with Crippen molar-refractivity contribution >= 4 is 11.5 Å². The molecule has 0 spiro atoms. The number of fused-ring (bicyclic) bond motifs is 2. The molecule has 0 amide bonds. The van der Waals surface area contributed by atoms with E-state index in [4.69, 9.17) is 0 Å². The van der Waals surface area contributed by atoms with E-state index in [2.05, 4.69) is 35.5 Å². The minimum Gasteiger partial charge on any atom is -0.327 e. The van der Waals surface area contributed by atoms with E-state index < -0.39 is 0 Å². The predicted molar refractivity (Wildman–Crippen MR) is 127 cm³/mol. The molecule has 0 bridgehead atoms. The number of benzene rings is 2. The van der Waals surface area contributed by atoms with E-state index in [-0.39, 0.29) is 23.2 Å². The summed E-state index contributed by atoms with van der Waals surface area (Å²) in [6.45, 7) is 10.9. The molecule has 1 N–H and O–H groups in total. The Morgan fingerprint density at radius 1 is 1.10 bits per heavy atom. The summed E-state index contributed by atoms with van der Waals surface area (Å²) in [5, 5.41) is 0. The van der Waals surface area contributed by atoms with Gasteiger partial charge in [0.25, 0.3) is 5.56 Å². The van der Waals surface area contributed by atoms with Gasteiger partial charge in [0.2, 0.25) is 0 Å². The van der Waals surface area contributed by atoms with Crippen LogP contribution in [0.3, 0.4) is 0 Å². The Morgan fingerprint density at radius 2 is 1.77 bits per heavy atom. The lowest BCUT2D eigenvalue weighted by Crippen LogP contribution is -2.44. The Morgan fingerprint density at radius 3 is 2.45 bits per heavy atom. The first-order chi connectivity index (χ1) is 15.0. The van der Waals surface area contributed by atoms with Crippen molar-refractivity contribution in [1.82, 2.24) is 9.55 Å². The number of rotatable bonds is 6. The maximum atomic E-state index is 13.9. The molecule has 2 aromatic carbocycles. The zero-order valence-corrected chi connectivity index (χ0v) is 18.4. The van der Waals surface area contributed by atoms with Gasteiger partial charge in [0, 0.05) is 18.2 Å². The third-order valence-corrected chi connectivity index (χ3v) is 6.14. The van der Waals surface area contributed by atoms with Crippen molar-refractivity contribution in [2.75, 3.05) is 11.4 Å². The van der Waals surface area contributed by atoms with Crippen molar-refractivity contribution in [3.05, 3.63) is 104 Å². The summed E-state index contributed by atoms with van der Waals surface area (Å²) >= 11 is 0. The molecule has 0 saturated carbocycles. The number of nitrogens with one attached hydrogen (secondary N) is 1. The van der Waals surface area contributed by atoms with Crippen molar-refractivity contribution < 1.29 is 0 Å². The molecule has 31 heavy (non-hydrogen) atoms. The topological polar surface area (TPSA) is 58.1 Å². The molecule has 5 nitrogen and oxygen atoms in total. The molecule has 0 radical (unpaired) electrons. The van der Waals surface area contributed by atoms with Crippen LogP contribution in [0.5, 0.6) is 0 Å². The summed E-state index contributed by atoms with van der Waals surface area (Å²) in [5.41, 5.74) is 3.85. The molecule has 5 heteroatoms. The molecular formula is C26H29N3O2. The molecule has 0 unspecified atom stereocenters. The zero-order valence-electron chi connectivity index (χ0n) is 18.4. The standard InChI is InChI=1S/C26H29N3O2/c1-5-6-16-28-21-15-11-10-14-20(21)22(17(2)3)23-24(28)27-26(31)29(25(23)30)18(4)19-12-8-7-9-13-19/h7-15,18,22H,2,5-6,16H2,1,3-4H3,(H,27,31)/t18-,22+/m0/s1. The fourth-order valence-electron chi connectivity index (χ4n) is 4.57. The van der Waals surface area contributed by atoms with Crippen LogP contribution >= 0.6 is 0 Å². The average Bonchev–Trinajstić information content (AvgIpc) is 2.77. The van der Waals surface area contributed by atoms with Gasteiger partial charge >= 0.3 is 5.69 Å². The van der Waals surface area contributed by atoms with Crippen LogP contribution < -0.4 is 16.1 Å². The van der Waals surface area contributed by atoms with Gasteiger partial charge in [0.15, 0.2) is 0 Å². The molecular weight excluding hydrogens is 386 g/mol. The smallest absolute Gasteiger partial charge is 0.327 e. The number of allylic oxidation sites excluding steroid dienone is 1. The van der Waals surface area contributed by atoms with Gasteiger partial charge in [-0.1, -0.05) is 74.0 Å². The largest absolute Gasteiger partial charge is 0.330 e. The number of hydrogen-bond donors (Lipinski definition) is 1. The molecule has 2 atom stereocenters. The summed E-state index contributed by atoms with van der Waals surface area (Å²) in [4.78, 5) is 32.2. The summed E-state index contributed by atoms with van der Waals surface area (Å²) in [7, 11) is 0. The maximum Gasteiger partial charge on any atom is 0.330 e. The fraction of sp³-hybridized carbons (Fsp3) is 0.308. The van der Waals surface area contributed by atoms with Gasteiger partial charge in [0.05, 0.1) is 11.6 Å². The van der Waals surface area contributed by atoms with E-state index in [0.29, 0.717) is 11.4 Å². The molecule has 0 fully saturated rings. The Balaban J connectivity index is 1.99. The van der Waals surface area contributed by atoms with Gasteiger partial charge < -0.3 is 4.90 Å². The van der Waals surface area contributed by atoms with Crippen LogP contribution in [0.2, 0.25) is 0 Å². The first-order valence-corrected chi connectivity index (χ1v) is 10.9. The van der Waals surface area contributed by atoms with Crippen LogP contribution in [0.25, 0.3) is 0 Å². The third-order valence-electron chi connectivity index (χ3n) is 6.14. The minimum absolute atomic E-state index is 0.251. The molecule has 1 aromatic heterocycles. The lowest BCUT2D eigenvalue weighted by molar-refractivity contribution is 0.566. The van der Waals surface area contributed by atoms with Gasteiger partial charge in [-0.15, -0.1) is 0 Å². The van der Waals surface area contributed by atoms with Crippen LogP contribution in [-0.2, 0) is 0 Å². The van der Waals surface area contributed by atoms with Gasteiger partial charge in [-0.3, -0.25) is 14.3 Å². The first kappa shape index (κ1) is 20.9. The molecule has 1 aliphatic heterocycles. The molecule has 4 rings (SSSR count). The molecule has 2 heterocycles. The van der Waals surface area contributed by atoms with Crippen LogP contribution in [-0.4, -0.2) is 16.1 Å². The zero-order chi connectivity index (χ0) is 22.1. The van der Waals surface area contributed by atoms with Crippen molar-refractivity contribution in [3.8, 4) is 0 Å². The molecule has 1 aliphatic rings. The van der Waals surface area contributed by atoms with Crippen LogP contribution in [0.1, 0.15) is 62.3 Å². The van der Waals surface area contributed by atoms with Crippen molar-refractivity contribution in [2.45, 2.75) is 45.6 Å².